The average Bonchev–Trinajstić information content (AvgIpc) is 2.83. The van der Waals surface area contributed by atoms with Crippen molar-refractivity contribution in [3.63, 3.8) is 0 Å². The van der Waals surface area contributed by atoms with Gasteiger partial charge < -0.3 is 5.32 Å². The molecule has 0 aliphatic carbocycles. The highest BCUT2D eigenvalue weighted by Gasteiger charge is 2.06. The van der Waals surface area contributed by atoms with Crippen molar-refractivity contribution in [2.75, 3.05) is 5.32 Å². The van der Waals surface area contributed by atoms with E-state index in [0.717, 1.165) is 12.0 Å². The number of carbonyl (C=O) groups excluding carboxylic acids is 1. The summed E-state index contributed by atoms with van der Waals surface area (Å²) in [7, 11) is 0. The first-order valence-corrected chi connectivity index (χ1v) is 6.99. The molecule has 0 aliphatic rings. The summed E-state index contributed by atoms with van der Waals surface area (Å²) in [5.41, 5.74) is 1.76. The molecule has 0 saturated heterocycles. The van der Waals surface area contributed by atoms with Crippen LogP contribution in [0.25, 0.3) is 0 Å². The first-order valence-electron chi connectivity index (χ1n) is 5.73. The van der Waals surface area contributed by atoms with Crippen molar-refractivity contribution in [3.05, 3.63) is 51.2 Å². The molecule has 1 aromatic carbocycles. The minimum Gasteiger partial charge on any atom is -0.325 e. The van der Waals surface area contributed by atoms with Gasteiger partial charge in [-0.05, 0) is 42.5 Å². The SMILES string of the molecule is Cc1ccc(NC(=O)CCc2cccs2)c(Cl)c1. The first-order chi connectivity index (χ1) is 8.65. The summed E-state index contributed by atoms with van der Waals surface area (Å²) in [5, 5.41) is 5.43. The van der Waals surface area contributed by atoms with E-state index in [1.807, 2.05) is 42.6 Å². The van der Waals surface area contributed by atoms with Crippen molar-refractivity contribution in [1.82, 2.24) is 0 Å². The zero-order valence-electron chi connectivity index (χ0n) is 10.1. The molecule has 2 aromatic rings. The molecular weight excluding hydrogens is 266 g/mol. The largest absolute Gasteiger partial charge is 0.325 e. The Labute approximate surface area is 116 Å². The number of aryl methyl sites for hydroxylation is 2. The predicted octanol–water partition coefficient (Wildman–Crippen LogP) is 4.28. The van der Waals surface area contributed by atoms with E-state index in [9.17, 15) is 4.79 Å². The highest BCUT2D eigenvalue weighted by molar-refractivity contribution is 7.09. The molecule has 94 valence electrons. The monoisotopic (exact) mass is 279 g/mol. The molecular formula is C14H14ClNOS. The zero-order chi connectivity index (χ0) is 13.0. The number of hydrogen-bond acceptors (Lipinski definition) is 2. The van der Waals surface area contributed by atoms with Crippen LogP contribution in [0.5, 0.6) is 0 Å². The Morgan fingerprint density at radius 1 is 1.39 bits per heavy atom. The second-order valence-electron chi connectivity index (χ2n) is 4.11. The van der Waals surface area contributed by atoms with E-state index in [4.69, 9.17) is 11.6 Å². The molecule has 2 nitrogen and oxygen atoms in total. The summed E-state index contributed by atoms with van der Waals surface area (Å²) in [6.45, 7) is 1.97. The van der Waals surface area contributed by atoms with Gasteiger partial charge in [0.15, 0.2) is 0 Å². The molecule has 1 N–H and O–H groups in total. The Hall–Kier alpha value is -1.32. The lowest BCUT2D eigenvalue weighted by molar-refractivity contribution is -0.116. The summed E-state index contributed by atoms with van der Waals surface area (Å²) in [6.07, 6.45) is 1.25. The molecule has 2 rings (SSSR count). The van der Waals surface area contributed by atoms with Crippen molar-refractivity contribution in [2.45, 2.75) is 19.8 Å². The Morgan fingerprint density at radius 3 is 2.89 bits per heavy atom. The fourth-order valence-corrected chi connectivity index (χ4v) is 2.62. The summed E-state index contributed by atoms with van der Waals surface area (Å²) >= 11 is 7.73. The van der Waals surface area contributed by atoms with Gasteiger partial charge in [0.25, 0.3) is 0 Å². The second kappa shape index (κ2) is 6.03. The van der Waals surface area contributed by atoms with Crippen LogP contribution in [0.1, 0.15) is 16.9 Å². The summed E-state index contributed by atoms with van der Waals surface area (Å²) in [4.78, 5) is 13.0. The number of thiophene rings is 1. The van der Waals surface area contributed by atoms with Crippen LogP contribution in [0, 0.1) is 6.92 Å². The molecule has 0 saturated carbocycles. The fourth-order valence-electron chi connectivity index (χ4n) is 1.63. The van der Waals surface area contributed by atoms with Gasteiger partial charge in [0.05, 0.1) is 10.7 Å². The zero-order valence-corrected chi connectivity index (χ0v) is 11.6. The number of benzene rings is 1. The van der Waals surface area contributed by atoms with Crippen molar-refractivity contribution >= 4 is 34.5 Å². The maximum Gasteiger partial charge on any atom is 0.224 e. The molecule has 0 atom stereocenters. The van der Waals surface area contributed by atoms with Crippen LogP contribution in [0.4, 0.5) is 5.69 Å². The van der Waals surface area contributed by atoms with Crippen molar-refractivity contribution in [3.8, 4) is 0 Å². The normalized spacial score (nSPS) is 10.3. The number of amides is 1. The van der Waals surface area contributed by atoms with Crippen LogP contribution in [0.15, 0.2) is 35.7 Å². The van der Waals surface area contributed by atoms with Crippen molar-refractivity contribution in [1.29, 1.82) is 0 Å². The Morgan fingerprint density at radius 2 is 2.22 bits per heavy atom. The second-order valence-corrected chi connectivity index (χ2v) is 5.55. The maximum absolute atomic E-state index is 11.8. The van der Waals surface area contributed by atoms with Crippen molar-refractivity contribution < 1.29 is 4.79 Å². The minimum atomic E-state index is -0.00541. The Bertz CT molecular complexity index is 537. The molecule has 0 radical (unpaired) electrons. The van der Waals surface area contributed by atoms with Crippen LogP contribution < -0.4 is 5.32 Å². The van der Waals surface area contributed by atoms with Crippen LogP contribution in [-0.4, -0.2) is 5.91 Å². The standard InChI is InChI=1S/C14H14ClNOS/c1-10-4-6-13(12(15)9-10)16-14(17)7-5-11-3-2-8-18-11/h2-4,6,8-9H,5,7H2,1H3,(H,16,17). The summed E-state index contributed by atoms with van der Waals surface area (Å²) in [6, 6.07) is 9.64. The van der Waals surface area contributed by atoms with Gasteiger partial charge in [0.2, 0.25) is 5.91 Å². The number of rotatable bonds is 4. The van der Waals surface area contributed by atoms with Gasteiger partial charge in [0.1, 0.15) is 0 Å². The Kier molecular flexibility index (Phi) is 4.39. The molecule has 1 amide bonds. The quantitative estimate of drug-likeness (QED) is 0.889. The van der Waals surface area contributed by atoms with E-state index in [1.54, 1.807) is 11.3 Å². The molecule has 0 bridgehead atoms. The van der Waals surface area contributed by atoms with E-state index in [-0.39, 0.29) is 5.91 Å². The maximum atomic E-state index is 11.8. The number of anilines is 1. The highest BCUT2D eigenvalue weighted by Crippen LogP contribution is 2.23. The van der Waals surface area contributed by atoms with Crippen LogP contribution in [0.2, 0.25) is 5.02 Å². The summed E-state index contributed by atoms with van der Waals surface area (Å²) < 4.78 is 0. The number of nitrogens with one attached hydrogen (secondary N) is 1. The number of hydrogen-bond donors (Lipinski definition) is 1. The molecule has 0 spiro atoms. The topological polar surface area (TPSA) is 29.1 Å². The lowest BCUT2D eigenvalue weighted by Crippen LogP contribution is -2.12. The van der Waals surface area contributed by atoms with E-state index in [0.29, 0.717) is 17.1 Å². The van der Waals surface area contributed by atoms with Gasteiger partial charge in [-0.3, -0.25) is 4.79 Å². The Balaban J connectivity index is 1.91. The van der Waals surface area contributed by atoms with Crippen LogP contribution in [-0.2, 0) is 11.2 Å². The van der Waals surface area contributed by atoms with Gasteiger partial charge >= 0.3 is 0 Å². The molecule has 18 heavy (non-hydrogen) atoms. The lowest BCUT2D eigenvalue weighted by atomic mass is 10.2. The van der Waals surface area contributed by atoms with Crippen LogP contribution >= 0.6 is 22.9 Å². The molecule has 1 aromatic heterocycles. The van der Waals surface area contributed by atoms with Crippen LogP contribution in [0.3, 0.4) is 0 Å². The van der Waals surface area contributed by atoms with E-state index >= 15 is 0 Å². The molecule has 1 heterocycles. The highest BCUT2D eigenvalue weighted by atomic mass is 35.5. The fraction of sp³-hybridized carbons (Fsp3) is 0.214. The predicted molar refractivity (Wildman–Crippen MR) is 77.5 cm³/mol. The third kappa shape index (κ3) is 3.59. The van der Waals surface area contributed by atoms with E-state index < -0.39 is 0 Å². The van der Waals surface area contributed by atoms with Gasteiger partial charge in [-0.15, -0.1) is 11.3 Å². The minimum absolute atomic E-state index is 0.00541. The summed E-state index contributed by atoms with van der Waals surface area (Å²) in [5.74, 6) is -0.00541. The van der Waals surface area contributed by atoms with Gasteiger partial charge in [-0.25, -0.2) is 0 Å². The number of halogens is 1. The number of carbonyl (C=O) groups is 1. The molecule has 0 fully saturated rings. The molecule has 4 heteroatoms. The van der Waals surface area contributed by atoms with E-state index in [1.165, 1.54) is 4.88 Å². The molecule has 0 unspecified atom stereocenters. The van der Waals surface area contributed by atoms with E-state index in [2.05, 4.69) is 5.32 Å². The van der Waals surface area contributed by atoms with Gasteiger partial charge in [-0.1, -0.05) is 23.7 Å². The van der Waals surface area contributed by atoms with Gasteiger partial charge in [0, 0.05) is 11.3 Å². The van der Waals surface area contributed by atoms with Crippen molar-refractivity contribution in [2.24, 2.45) is 0 Å². The average molecular weight is 280 g/mol. The van der Waals surface area contributed by atoms with Gasteiger partial charge in [-0.2, -0.15) is 0 Å². The molecule has 0 aliphatic heterocycles. The third-order valence-corrected chi connectivity index (χ3v) is 3.83. The first kappa shape index (κ1) is 13.1. The smallest absolute Gasteiger partial charge is 0.224 e. The third-order valence-electron chi connectivity index (χ3n) is 2.58. The lowest BCUT2D eigenvalue weighted by Gasteiger charge is -2.07.